The van der Waals surface area contributed by atoms with Crippen molar-refractivity contribution in [2.45, 2.75) is 12.7 Å². The van der Waals surface area contributed by atoms with E-state index in [1.165, 1.54) is 0 Å². The van der Waals surface area contributed by atoms with Crippen LogP contribution in [0.4, 0.5) is 5.82 Å². The molecular weight excluding hydrogens is 350 g/mol. The summed E-state index contributed by atoms with van der Waals surface area (Å²) in [6.45, 7) is 2.66. The number of rotatable bonds is 8. The van der Waals surface area contributed by atoms with Crippen molar-refractivity contribution in [2.75, 3.05) is 18.4 Å². The molecule has 0 saturated heterocycles. The molecule has 0 radical (unpaired) electrons. The van der Waals surface area contributed by atoms with Crippen LogP contribution in [0, 0.1) is 6.92 Å². The summed E-state index contributed by atoms with van der Waals surface area (Å²) in [7, 11) is -3.37. The van der Waals surface area contributed by atoms with Crippen molar-refractivity contribution in [2.24, 2.45) is 0 Å². The molecule has 0 aliphatic rings. The van der Waals surface area contributed by atoms with Gasteiger partial charge in [0, 0.05) is 25.5 Å². The number of anilines is 1. The number of hydrogen-bond acceptors (Lipinski definition) is 5. The van der Waals surface area contributed by atoms with Gasteiger partial charge in [0.25, 0.3) is 0 Å². The van der Waals surface area contributed by atoms with Gasteiger partial charge in [0.2, 0.25) is 10.0 Å². The summed E-state index contributed by atoms with van der Waals surface area (Å²) in [5.74, 6) is 1.29. The Morgan fingerprint density at radius 3 is 2.35 bits per heavy atom. The monoisotopic (exact) mass is 371 g/mol. The van der Waals surface area contributed by atoms with E-state index in [1.807, 2.05) is 72.4 Å². The highest BCUT2D eigenvalue weighted by atomic mass is 32.2. The molecule has 136 valence electrons. The second kappa shape index (κ2) is 8.11. The minimum absolute atomic E-state index is 0.0291. The zero-order valence-electron chi connectivity index (χ0n) is 14.5. The summed E-state index contributed by atoms with van der Waals surface area (Å²) < 4.78 is 28.6. The quantitative estimate of drug-likeness (QED) is 0.592. The van der Waals surface area contributed by atoms with Gasteiger partial charge in [0.15, 0.2) is 5.82 Å². The van der Waals surface area contributed by atoms with Crippen molar-refractivity contribution in [1.82, 2.24) is 19.5 Å². The van der Waals surface area contributed by atoms with Crippen molar-refractivity contribution in [3.63, 3.8) is 0 Å². The van der Waals surface area contributed by atoms with E-state index in [1.54, 1.807) is 0 Å². The van der Waals surface area contributed by atoms with Gasteiger partial charge in [-0.1, -0.05) is 29.8 Å². The van der Waals surface area contributed by atoms with E-state index in [9.17, 15) is 8.42 Å². The number of benzene rings is 1. The average molecular weight is 371 g/mol. The van der Waals surface area contributed by atoms with Gasteiger partial charge in [-0.25, -0.2) is 13.1 Å². The lowest BCUT2D eigenvalue weighted by molar-refractivity contribution is 0.582. The molecule has 7 nitrogen and oxygen atoms in total. The number of aryl methyl sites for hydroxylation is 1. The molecule has 0 aliphatic carbocycles. The minimum Gasteiger partial charge on any atom is -0.367 e. The minimum atomic E-state index is -3.37. The van der Waals surface area contributed by atoms with E-state index < -0.39 is 10.0 Å². The molecule has 0 saturated carbocycles. The first-order valence-electron chi connectivity index (χ1n) is 8.26. The fraction of sp³-hybridized carbons (Fsp3) is 0.222. The molecule has 2 aromatic heterocycles. The highest BCUT2D eigenvalue weighted by Gasteiger charge is 2.10. The third-order valence-corrected chi connectivity index (χ3v) is 5.11. The number of hydrogen-bond donors (Lipinski definition) is 2. The first kappa shape index (κ1) is 18.1. The van der Waals surface area contributed by atoms with E-state index in [4.69, 9.17) is 0 Å². The fourth-order valence-electron chi connectivity index (χ4n) is 2.40. The molecule has 0 unspecified atom stereocenters. The number of aromatic nitrogens is 3. The molecule has 0 amide bonds. The molecule has 2 N–H and O–H groups in total. The molecule has 3 aromatic rings. The van der Waals surface area contributed by atoms with Crippen LogP contribution in [-0.4, -0.2) is 36.3 Å². The lowest BCUT2D eigenvalue weighted by Gasteiger charge is -2.09. The van der Waals surface area contributed by atoms with Gasteiger partial charge < -0.3 is 9.88 Å². The SMILES string of the molecule is Cc1ccc(CS(=O)(=O)NCCNc2ccc(-n3cccc3)nn2)cc1. The van der Waals surface area contributed by atoms with Crippen LogP contribution >= 0.6 is 0 Å². The maximum atomic E-state index is 12.1. The van der Waals surface area contributed by atoms with Crippen LogP contribution in [0.15, 0.2) is 60.9 Å². The molecule has 26 heavy (non-hydrogen) atoms. The van der Waals surface area contributed by atoms with Crippen molar-refractivity contribution >= 4 is 15.8 Å². The van der Waals surface area contributed by atoms with Crippen LogP contribution in [-0.2, 0) is 15.8 Å². The first-order valence-corrected chi connectivity index (χ1v) is 9.91. The molecule has 2 heterocycles. The zero-order chi connectivity index (χ0) is 18.4. The molecule has 0 atom stereocenters. The van der Waals surface area contributed by atoms with Gasteiger partial charge in [-0.3, -0.25) is 0 Å². The lowest BCUT2D eigenvalue weighted by Crippen LogP contribution is -2.30. The largest absolute Gasteiger partial charge is 0.367 e. The molecular formula is C18H21N5O2S. The molecule has 0 fully saturated rings. The van der Waals surface area contributed by atoms with Gasteiger partial charge >= 0.3 is 0 Å². The highest BCUT2D eigenvalue weighted by Crippen LogP contribution is 2.08. The molecule has 0 spiro atoms. The van der Waals surface area contributed by atoms with Gasteiger partial charge in [0.05, 0.1) is 5.75 Å². The molecule has 0 aliphatic heterocycles. The van der Waals surface area contributed by atoms with Crippen molar-refractivity contribution in [3.05, 3.63) is 72.1 Å². The summed E-state index contributed by atoms with van der Waals surface area (Å²) in [4.78, 5) is 0. The van der Waals surface area contributed by atoms with E-state index in [-0.39, 0.29) is 12.3 Å². The van der Waals surface area contributed by atoms with Gasteiger partial charge in [-0.05, 0) is 36.8 Å². The highest BCUT2D eigenvalue weighted by molar-refractivity contribution is 7.88. The lowest BCUT2D eigenvalue weighted by atomic mass is 10.2. The second-order valence-electron chi connectivity index (χ2n) is 5.93. The normalized spacial score (nSPS) is 11.4. The summed E-state index contributed by atoms with van der Waals surface area (Å²) >= 11 is 0. The first-order chi connectivity index (χ1) is 12.5. The Kier molecular flexibility index (Phi) is 5.65. The molecule has 8 heteroatoms. The van der Waals surface area contributed by atoms with Crippen molar-refractivity contribution in [1.29, 1.82) is 0 Å². The fourth-order valence-corrected chi connectivity index (χ4v) is 3.54. The van der Waals surface area contributed by atoms with E-state index >= 15 is 0 Å². The maximum absolute atomic E-state index is 12.1. The smallest absolute Gasteiger partial charge is 0.215 e. The van der Waals surface area contributed by atoms with Crippen molar-refractivity contribution < 1.29 is 8.42 Å². The standard InChI is InChI=1S/C18H21N5O2S/c1-15-4-6-16(7-5-15)14-26(24,25)20-11-10-19-17-8-9-18(22-21-17)23-12-2-3-13-23/h2-9,12-13,20H,10-11,14H2,1H3,(H,19,21). The van der Waals surface area contributed by atoms with E-state index in [2.05, 4.69) is 20.2 Å². The maximum Gasteiger partial charge on any atom is 0.215 e. The Balaban J connectivity index is 1.45. The Morgan fingerprint density at radius 2 is 1.69 bits per heavy atom. The van der Waals surface area contributed by atoms with E-state index in [0.717, 1.165) is 16.9 Å². The summed E-state index contributed by atoms with van der Waals surface area (Å²) in [5, 5.41) is 11.3. The Morgan fingerprint density at radius 1 is 0.962 bits per heavy atom. The predicted octanol–water partition coefficient (Wildman–Crippen LogP) is 2.11. The Bertz CT molecular complexity index is 921. The topological polar surface area (TPSA) is 88.9 Å². The van der Waals surface area contributed by atoms with Crippen molar-refractivity contribution in [3.8, 4) is 5.82 Å². The number of sulfonamides is 1. The van der Waals surface area contributed by atoms with Gasteiger partial charge in [-0.15, -0.1) is 10.2 Å². The molecule has 3 rings (SSSR count). The predicted molar refractivity (Wildman–Crippen MR) is 102 cm³/mol. The van der Waals surface area contributed by atoms with Crippen LogP contribution in [0.1, 0.15) is 11.1 Å². The van der Waals surface area contributed by atoms with Crippen LogP contribution in [0.2, 0.25) is 0 Å². The van der Waals surface area contributed by atoms with Gasteiger partial charge in [0.1, 0.15) is 5.82 Å². The van der Waals surface area contributed by atoms with Crippen LogP contribution in [0.25, 0.3) is 5.82 Å². The van der Waals surface area contributed by atoms with Crippen LogP contribution < -0.4 is 10.0 Å². The zero-order valence-corrected chi connectivity index (χ0v) is 15.3. The third kappa shape index (κ3) is 5.14. The van der Waals surface area contributed by atoms with Crippen LogP contribution in [0.3, 0.4) is 0 Å². The Labute approximate surface area is 153 Å². The third-order valence-electron chi connectivity index (χ3n) is 3.75. The molecule has 0 bridgehead atoms. The molecule has 1 aromatic carbocycles. The van der Waals surface area contributed by atoms with Gasteiger partial charge in [-0.2, -0.15) is 0 Å². The Hall–Kier alpha value is -2.71. The number of nitrogens with zero attached hydrogens (tertiary/aromatic N) is 3. The number of nitrogens with one attached hydrogen (secondary N) is 2. The second-order valence-corrected chi connectivity index (χ2v) is 7.74. The average Bonchev–Trinajstić information content (AvgIpc) is 3.16. The van der Waals surface area contributed by atoms with E-state index in [0.29, 0.717) is 12.4 Å². The summed E-state index contributed by atoms with van der Waals surface area (Å²) in [6, 6.07) is 14.9. The summed E-state index contributed by atoms with van der Waals surface area (Å²) in [6.07, 6.45) is 3.78. The summed E-state index contributed by atoms with van der Waals surface area (Å²) in [5.41, 5.74) is 1.87. The van der Waals surface area contributed by atoms with Crippen LogP contribution in [0.5, 0.6) is 0 Å².